The van der Waals surface area contributed by atoms with E-state index in [9.17, 15) is 0 Å². The van der Waals surface area contributed by atoms with Crippen LogP contribution < -0.4 is 5.32 Å². The van der Waals surface area contributed by atoms with E-state index in [1.807, 2.05) is 25.5 Å². The minimum atomic E-state index is 0.346. The normalized spacial score (nSPS) is 12.7. The predicted octanol–water partition coefficient (Wildman–Crippen LogP) is 3.10. The molecule has 1 N–H and O–H groups in total. The summed E-state index contributed by atoms with van der Waals surface area (Å²) in [4.78, 5) is 10.1. The molecule has 2 aromatic heterocycles. The van der Waals surface area contributed by atoms with Crippen LogP contribution in [0.25, 0.3) is 10.6 Å². The Kier molecular flexibility index (Phi) is 3.54. The summed E-state index contributed by atoms with van der Waals surface area (Å²) in [5, 5.41) is 4.32. The molecule has 0 saturated heterocycles. The highest BCUT2D eigenvalue weighted by molar-refractivity contribution is 7.15. The van der Waals surface area contributed by atoms with Crippen molar-refractivity contribution in [1.82, 2.24) is 15.3 Å². The minimum Gasteiger partial charge on any atom is -0.312 e. The van der Waals surface area contributed by atoms with Crippen LogP contribution in [-0.2, 0) is 0 Å². The molecule has 0 spiro atoms. The summed E-state index contributed by atoms with van der Waals surface area (Å²) in [7, 11) is 1.97. The minimum absolute atomic E-state index is 0.346. The first-order valence-corrected chi connectivity index (χ1v) is 6.50. The first-order valence-electron chi connectivity index (χ1n) is 5.69. The quantitative estimate of drug-likeness (QED) is 0.905. The third-order valence-corrected chi connectivity index (χ3v) is 4.30. The summed E-state index contributed by atoms with van der Waals surface area (Å²) in [6.07, 6.45) is 3.71. The second kappa shape index (κ2) is 4.94. The van der Waals surface area contributed by atoms with E-state index in [0.29, 0.717) is 6.04 Å². The van der Waals surface area contributed by atoms with Gasteiger partial charge >= 0.3 is 0 Å². The maximum Gasteiger partial charge on any atom is 0.125 e. The maximum absolute atomic E-state index is 4.65. The van der Waals surface area contributed by atoms with Crippen molar-refractivity contribution in [3.05, 3.63) is 34.6 Å². The fraction of sp³-hybridized carbons (Fsp3) is 0.385. The SMILES string of the molecule is CNC(C)c1sc(-c2cnccc2C)nc1C. The standard InChI is InChI=1S/C13H17N3S/c1-8-5-6-15-7-11(8)13-16-10(3)12(17-13)9(2)14-4/h5-7,9,14H,1-4H3. The van der Waals surface area contributed by atoms with E-state index in [1.165, 1.54) is 10.4 Å². The number of thiazole rings is 1. The van der Waals surface area contributed by atoms with Crippen LogP contribution in [0.3, 0.4) is 0 Å². The number of pyridine rings is 1. The van der Waals surface area contributed by atoms with Crippen molar-refractivity contribution in [2.75, 3.05) is 7.05 Å². The number of nitrogens with zero attached hydrogens (tertiary/aromatic N) is 2. The van der Waals surface area contributed by atoms with Gasteiger partial charge in [-0.3, -0.25) is 4.98 Å². The van der Waals surface area contributed by atoms with Gasteiger partial charge in [-0.25, -0.2) is 4.98 Å². The van der Waals surface area contributed by atoms with E-state index in [1.54, 1.807) is 11.3 Å². The molecule has 2 heterocycles. The summed E-state index contributed by atoms with van der Waals surface area (Å²) >= 11 is 1.75. The van der Waals surface area contributed by atoms with Gasteiger partial charge < -0.3 is 5.32 Å². The number of hydrogen-bond donors (Lipinski definition) is 1. The van der Waals surface area contributed by atoms with Crippen molar-refractivity contribution in [2.45, 2.75) is 26.8 Å². The Morgan fingerprint density at radius 2 is 2.12 bits per heavy atom. The molecule has 0 aliphatic rings. The number of aromatic nitrogens is 2. The molecule has 0 aliphatic heterocycles. The summed E-state index contributed by atoms with van der Waals surface area (Å²) in [6, 6.07) is 2.37. The summed E-state index contributed by atoms with van der Waals surface area (Å²) in [5.41, 5.74) is 3.46. The van der Waals surface area contributed by atoms with Crippen LogP contribution in [0.5, 0.6) is 0 Å². The molecule has 17 heavy (non-hydrogen) atoms. The van der Waals surface area contributed by atoms with Crippen LogP contribution in [0.15, 0.2) is 18.5 Å². The molecule has 0 amide bonds. The van der Waals surface area contributed by atoms with Crippen LogP contribution in [0.2, 0.25) is 0 Å². The summed E-state index contributed by atoms with van der Waals surface area (Å²) in [5.74, 6) is 0. The molecule has 0 aliphatic carbocycles. The zero-order valence-electron chi connectivity index (χ0n) is 10.6. The van der Waals surface area contributed by atoms with Gasteiger partial charge in [0.25, 0.3) is 0 Å². The van der Waals surface area contributed by atoms with Gasteiger partial charge in [0.2, 0.25) is 0 Å². The fourth-order valence-corrected chi connectivity index (χ4v) is 2.95. The van der Waals surface area contributed by atoms with E-state index >= 15 is 0 Å². The van der Waals surface area contributed by atoms with E-state index in [2.05, 4.69) is 36.1 Å². The number of aryl methyl sites for hydroxylation is 2. The molecule has 3 nitrogen and oxygen atoms in total. The molecule has 4 heteroatoms. The third-order valence-electron chi connectivity index (χ3n) is 2.93. The molecule has 0 bridgehead atoms. The van der Waals surface area contributed by atoms with Gasteiger partial charge in [0.15, 0.2) is 0 Å². The Hall–Kier alpha value is -1.26. The maximum atomic E-state index is 4.65. The monoisotopic (exact) mass is 247 g/mol. The van der Waals surface area contributed by atoms with Gasteiger partial charge in [0, 0.05) is 28.9 Å². The third kappa shape index (κ3) is 2.37. The molecular formula is C13H17N3S. The van der Waals surface area contributed by atoms with Gasteiger partial charge in [-0.2, -0.15) is 0 Å². The van der Waals surface area contributed by atoms with Crippen LogP contribution in [0, 0.1) is 13.8 Å². The Morgan fingerprint density at radius 3 is 2.76 bits per heavy atom. The first-order chi connectivity index (χ1) is 8.13. The van der Waals surface area contributed by atoms with Gasteiger partial charge in [0.05, 0.1) is 5.69 Å². The second-order valence-electron chi connectivity index (χ2n) is 4.17. The lowest BCUT2D eigenvalue weighted by Crippen LogP contribution is -2.11. The number of nitrogens with one attached hydrogen (secondary N) is 1. The second-order valence-corrected chi connectivity index (χ2v) is 5.20. The molecule has 2 aromatic rings. The average molecular weight is 247 g/mol. The lowest BCUT2D eigenvalue weighted by Gasteiger charge is -2.07. The van der Waals surface area contributed by atoms with Crippen LogP contribution >= 0.6 is 11.3 Å². The lowest BCUT2D eigenvalue weighted by molar-refractivity contribution is 0.658. The highest BCUT2D eigenvalue weighted by Gasteiger charge is 2.14. The number of hydrogen-bond acceptors (Lipinski definition) is 4. The highest BCUT2D eigenvalue weighted by Crippen LogP contribution is 2.32. The molecule has 1 atom stereocenters. The Bertz CT molecular complexity index is 519. The van der Waals surface area contributed by atoms with E-state index < -0.39 is 0 Å². The largest absolute Gasteiger partial charge is 0.312 e. The molecule has 0 saturated carbocycles. The summed E-state index contributed by atoms with van der Waals surface area (Å²) < 4.78 is 0. The zero-order valence-corrected chi connectivity index (χ0v) is 11.4. The summed E-state index contributed by atoms with van der Waals surface area (Å²) in [6.45, 7) is 6.31. The molecule has 0 radical (unpaired) electrons. The Labute approximate surface area is 106 Å². The Balaban J connectivity index is 2.45. The van der Waals surface area contributed by atoms with Crippen molar-refractivity contribution in [3.63, 3.8) is 0 Å². The molecule has 1 unspecified atom stereocenters. The van der Waals surface area contributed by atoms with Crippen LogP contribution in [0.1, 0.15) is 29.1 Å². The molecule has 90 valence electrons. The van der Waals surface area contributed by atoms with Crippen LogP contribution in [-0.4, -0.2) is 17.0 Å². The van der Waals surface area contributed by atoms with Crippen molar-refractivity contribution < 1.29 is 0 Å². The van der Waals surface area contributed by atoms with Crippen molar-refractivity contribution in [3.8, 4) is 10.6 Å². The molecule has 0 fully saturated rings. The predicted molar refractivity (Wildman–Crippen MR) is 72.3 cm³/mol. The average Bonchev–Trinajstić information content (AvgIpc) is 2.71. The van der Waals surface area contributed by atoms with Gasteiger partial charge in [0.1, 0.15) is 5.01 Å². The molecular weight excluding hydrogens is 230 g/mol. The molecule has 0 aromatic carbocycles. The smallest absolute Gasteiger partial charge is 0.125 e. The van der Waals surface area contributed by atoms with Crippen molar-refractivity contribution in [2.24, 2.45) is 0 Å². The number of rotatable bonds is 3. The van der Waals surface area contributed by atoms with E-state index in [0.717, 1.165) is 16.3 Å². The lowest BCUT2D eigenvalue weighted by atomic mass is 10.2. The van der Waals surface area contributed by atoms with E-state index in [-0.39, 0.29) is 0 Å². The van der Waals surface area contributed by atoms with Crippen molar-refractivity contribution >= 4 is 11.3 Å². The van der Waals surface area contributed by atoms with E-state index in [4.69, 9.17) is 0 Å². The van der Waals surface area contributed by atoms with Gasteiger partial charge in [-0.1, -0.05) is 0 Å². The van der Waals surface area contributed by atoms with Gasteiger partial charge in [-0.15, -0.1) is 11.3 Å². The first kappa shape index (κ1) is 12.2. The Morgan fingerprint density at radius 1 is 1.35 bits per heavy atom. The van der Waals surface area contributed by atoms with Crippen LogP contribution in [0.4, 0.5) is 0 Å². The van der Waals surface area contributed by atoms with Crippen molar-refractivity contribution in [1.29, 1.82) is 0 Å². The zero-order chi connectivity index (χ0) is 12.4. The highest BCUT2D eigenvalue weighted by atomic mass is 32.1. The molecule has 2 rings (SSSR count). The topological polar surface area (TPSA) is 37.8 Å². The fourth-order valence-electron chi connectivity index (χ4n) is 1.74. The van der Waals surface area contributed by atoms with Gasteiger partial charge in [-0.05, 0) is 39.4 Å².